The molecule has 2 aromatic heterocycles. The molecule has 0 spiro atoms. The Bertz CT molecular complexity index is 965. The third-order valence-corrected chi connectivity index (χ3v) is 5.76. The molecule has 1 atom stereocenters. The summed E-state index contributed by atoms with van der Waals surface area (Å²) in [5.74, 6) is 1.57. The number of methoxy groups -OCH3 is 1. The highest BCUT2D eigenvalue weighted by molar-refractivity contribution is 5.76. The van der Waals surface area contributed by atoms with Gasteiger partial charge in [0, 0.05) is 44.3 Å². The standard InChI is InChI=1S/C22H26F3N5O2/c1-32-10-7-20(31)30-9-2-3-15(13-30)17-12-19(29-21(27-17)14-4-5-14)28-18-11-16(6-8-26-18)22(23,24)25/h6,8,11-12,14-15H,2-5,7,9-10,13H2,1H3,(H,26,27,28,29). The average molecular weight is 449 g/mol. The van der Waals surface area contributed by atoms with Crippen molar-refractivity contribution in [2.45, 2.75) is 50.1 Å². The van der Waals surface area contributed by atoms with Crippen molar-refractivity contribution in [1.29, 1.82) is 0 Å². The first-order valence-corrected chi connectivity index (χ1v) is 10.8. The van der Waals surface area contributed by atoms with Gasteiger partial charge in [0.1, 0.15) is 17.5 Å². The molecule has 1 amide bonds. The molecule has 0 bridgehead atoms. The van der Waals surface area contributed by atoms with Crippen LogP contribution < -0.4 is 5.32 Å². The van der Waals surface area contributed by atoms with Crippen LogP contribution in [-0.2, 0) is 15.7 Å². The quantitative estimate of drug-likeness (QED) is 0.681. The number of alkyl halides is 3. The number of aromatic nitrogens is 3. The van der Waals surface area contributed by atoms with E-state index in [0.717, 1.165) is 49.7 Å². The summed E-state index contributed by atoms with van der Waals surface area (Å²) in [6, 6.07) is 3.67. The number of halogens is 3. The average Bonchev–Trinajstić information content (AvgIpc) is 3.62. The SMILES string of the molecule is COCCC(=O)N1CCCC(c2cc(Nc3cc(C(F)(F)F)ccn3)nc(C3CC3)n2)C1. The summed E-state index contributed by atoms with van der Waals surface area (Å²) in [7, 11) is 1.57. The first kappa shape index (κ1) is 22.4. The molecule has 1 aliphatic carbocycles. The van der Waals surface area contributed by atoms with Gasteiger partial charge in [0.15, 0.2) is 0 Å². The Kier molecular flexibility index (Phi) is 6.59. The number of anilines is 2. The lowest BCUT2D eigenvalue weighted by atomic mass is 9.94. The highest BCUT2D eigenvalue weighted by Gasteiger charge is 2.32. The van der Waals surface area contributed by atoms with Crippen molar-refractivity contribution < 1.29 is 22.7 Å². The molecule has 2 aromatic rings. The molecule has 1 N–H and O–H groups in total. The van der Waals surface area contributed by atoms with Gasteiger partial charge < -0.3 is 15.0 Å². The number of hydrogen-bond acceptors (Lipinski definition) is 6. The van der Waals surface area contributed by atoms with Crippen molar-refractivity contribution in [3.05, 3.63) is 41.5 Å². The van der Waals surface area contributed by atoms with E-state index in [-0.39, 0.29) is 23.6 Å². The van der Waals surface area contributed by atoms with Gasteiger partial charge in [-0.1, -0.05) is 0 Å². The predicted octanol–water partition coefficient (Wildman–Crippen LogP) is 4.25. The fourth-order valence-corrected chi connectivity index (χ4v) is 3.88. The highest BCUT2D eigenvalue weighted by atomic mass is 19.4. The summed E-state index contributed by atoms with van der Waals surface area (Å²) in [5, 5.41) is 2.92. The van der Waals surface area contributed by atoms with Crippen molar-refractivity contribution in [2.24, 2.45) is 0 Å². The maximum Gasteiger partial charge on any atom is 0.416 e. The second-order valence-electron chi connectivity index (χ2n) is 8.28. The third kappa shape index (κ3) is 5.53. The Morgan fingerprint density at radius 2 is 2.00 bits per heavy atom. The lowest BCUT2D eigenvalue weighted by Crippen LogP contribution is -2.39. The highest BCUT2D eigenvalue weighted by Crippen LogP contribution is 2.40. The van der Waals surface area contributed by atoms with Crippen molar-refractivity contribution in [1.82, 2.24) is 19.9 Å². The van der Waals surface area contributed by atoms with Crippen LogP contribution in [0.4, 0.5) is 24.8 Å². The van der Waals surface area contributed by atoms with Crippen LogP contribution in [-0.4, -0.2) is 52.6 Å². The number of pyridine rings is 1. The number of piperidine rings is 1. The second-order valence-corrected chi connectivity index (χ2v) is 8.28. The van der Waals surface area contributed by atoms with E-state index < -0.39 is 11.7 Å². The predicted molar refractivity (Wildman–Crippen MR) is 112 cm³/mol. The molecule has 2 aliphatic rings. The van der Waals surface area contributed by atoms with E-state index in [0.29, 0.717) is 37.8 Å². The van der Waals surface area contributed by atoms with Crippen LogP contribution in [0.3, 0.4) is 0 Å². The number of rotatable bonds is 7. The molecule has 172 valence electrons. The molecule has 1 saturated carbocycles. The zero-order chi connectivity index (χ0) is 22.7. The number of hydrogen-bond donors (Lipinski definition) is 1. The maximum absolute atomic E-state index is 13.1. The Hall–Kier alpha value is -2.75. The van der Waals surface area contributed by atoms with Gasteiger partial charge in [-0.05, 0) is 37.8 Å². The van der Waals surface area contributed by atoms with Crippen molar-refractivity contribution in [2.75, 3.05) is 32.1 Å². The van der Waals surface area contributed by atoms with E-state index in [9.17, 15) is 18.0 Å². The van der Waals surface area contributed by atoms with Gasteiger partial charge in [-0.25, -0.2) is 15.0 Å². The fraction of sp³-hybridized carbons (Fsp3) is 0.545. The molecule has 0 radical (unpaired) electrons. The van der Waals surface area contributed by atoms with Gasteiger partial charge in [0.05, 0.1) is 24.3 Å². The van der Waals surface area contributed by atoms with Crippen LogP contribution in [0.5, 0.6) is 0 Å². The lowest BCUT2D eigenvalue weighted by molar-refractivity contribution is -0.137. The van der Waals surface area contributed by atoms with Crippen molar-refractivity contribution in [3.8, 4) is 0 Å². The molecule has 4 rings (SSSR count). The van der Waals surface area contributed by atoms with E-state index in [1.165, 1.54) is 0 Å². The lowest BCUT2D eigenvalue weighted by Gasteiger charge is -2.32. The summed E-state index contributed by atoms with van der Waals surface area (Å²) < 4.78 is 44.2. The van der Waals surface area contributed by atoms with Gasteiger partial charge in [0.2, 0.25) is 5.91 Å². The molecular formula is C22H26F3N5O2. The van der Waals surface area contributed by atoms with Crippen molar-refractivity contribution >= 4 is 17.5 Å². The Labute approximate surface area is 184 Å². The molecular weight excluding hydrogens is 423 g/mol. The van der Waals surface area contributed by atoms with Gasteiger partial charge in [-0.3, -0.25) is 4.79 Å². The second kappa shape index (κ2) is 9.40. The Morgan fingerprint density at radius 3 is 2.72 bits per heavy atom. The molecule has 2 fully saturated rings. The van der Waals surface area contributed by atoms with E-state index in [2.05, 4.69) is 15.3 Å². The van der Waals surface area contributed by atoms with Crippen LogP contribution in [0.1, 0.15) is 61.0 Å². The first-order valence-electron chi connectivity index (χ1n) is 10.8. The van der Waals surface area contributed by atoms with Crippen LogP contribution in [0, 0.1) is 0 Å². The Balaban J connectivity index is 1.55. The minimum atomic E-state index is -4.45. The van der Waals surface area contributed by atoms with E-state index in [1.807, 2.05) is 4.90 Å². The van der Waals surface area contributed by atoms with Crippen LogP contribution in [0.25, 0.3) is 0 Å². The minimum Gasteiger partial charge on any atom is -0.384 e. The number of nitrogens with one attached hydrogen (secondary N) is 1. The monoisotopic (exact) mass is 449 g/mol. The van der Waals surface area contributed by atoms with Crippen LogP contribution in [0.2, 0.25) is 0 Å². The van der Waals surface area contributed by atoms with E-state index >= 15 is 0 Å². The Morgan fingerprint density at radius 1 is 1.19 bits per heavy atom. The largest absolute Gasteiger partial charge is 0.416 e. The number of carbonyl (C=O) groups is 1. The normalized spacial score (nSPS) is 19.1. The summed E-state index contributed by atoms with van der Waals surface area (Å²) in [6.45, 7) is 1.65. The van der Waals surface area contributed by atoms with Gasteiger partial charge >= 0.3 is 6.18 Å². The van der Waals surface area contributed by atoms with E-state index in [4.69, 9.17) is 9.72 Å². The molecule has 1 unspecified atom stereocenters. The van der Waals surface area contributed by atoms with Gasteiger partial charge in [0.25, 0.3) is 0 Å². The number of nitrogens with zero attached hydrogens (tertiary/aromatic N) is 4. The summed E-state index contributed by atoms with van der Waals surface area (Å²) in [6.07, 6.45) is 0.763. The van der Waals surface area contributed by atoms with Crippen molar-refractivity contribution in [3.63, 3.8) is 0 Å². The molecule has 0 aromatic carbocycles. The number of likely N-dealkylation sites (tertiary alicyclic amines) is 1. The molecule has 10 heteroatoms. The summed E-state index contributed by atoms with van der Waals surface area (Å²) in [5.41, 5.74) is 0.0322. The number of amides is 1. The molecule has 32 heavy (non-hydrogen) atoms. The maximum atomic E-state index is 13.1. The zero-order valence-electron chi connectivity index (χ0n) is 17.9. The summed E-state index contributed by atoms with van der Waals surface area (Å²) in [4.78, 5) is 27.6. The van der Waals surface area contributed by atoms with Gasteiger partial charge in [-0.2, -0.15) is 13.2 Å². The molecule has 1 saturated heterocycles. The molecule has 1 aliphatic heterocycles. The fourth-order valence-electron chi connectivity index (χ4n) is 3.88. The van der Waals surface area contributed by atoms with E-state index in [1.54, 1.807) is 13.2 Å². The topological polar surface area (TPSA) is 80.2 Å². The number of ether oxygens (including phenoxy) is 1. The molecule has 7 nitrogen and oxygen atoms in total. The van der Waals surface area contributed by atoms with Crippen LogP contribution in [0.15, 0.2) is 24.4 Å². The first-order chi connectivity index (χ1) is 15.3. The zero-order valence-corrected chi connectivity index (χ0v) is 17.9. The summed E-state index contributed by atoms with van der Waals surface area (Å²) >= 11 is 0. The third-order valence-electron chi connectivity index (χ3n) is 5.76. The number of carbonyl (C=O) groups excluding carboxylic acids is 1. The minimum absolute atomic E-state index is 0.0470. The smallest absolute Gasteiger partial charge is 0.384 e. The molecule has 3 heterocycles. The van der Waals surface area contributed by atoms with Gasteiger partial charge in [-0.15, -0.1) is 0 Å². The van der Waals surface area contributed by atoms with Crippen LogP contribution >= 0.6 is 0 Å².